The minimum Gasteiger partial charge on any atom is -0.480 e. The van der Waals surface area contributed by atoms with E-state index in [0.717, 1.165) is 11.8 Å². The van der Waals surface area contributed by atoms with E-state index in [1.165, 1.54) is 4.90 Å². The molecule has 0 spiro atoms. The molecule has 1 aromatic carbocycles. The van der Waals surface area contributed by atoms with E-state index in [0.29, 0.717) is 17.7 Å². The molecule has 1 fully saturated rings. The normalized spacial score (nSPS) is 20.5. The van der Waals surface area contributed by atoms with Crippen LogP contribution in [0.15, 0.2) is 30.3 Å². The number of β-amino-alcohol motifs (C(OH)–C–C–N with tert-alkyl or cyclic N) is 1. The summed E-state index contributed by atoms with van der Waals surface area (Å²) in [5, 5.41) is 18.6. The minimum atomic E-state index is -1.09. The predicted octanol–water partition coefficient (Wildman–Crippen LogP) is 1.39. The number of thioether (sulfide) groups is 1. The first kappa shape index (κ1) is 17.5. The summed E-state index contributed by atoms with van der Waals surface area (Å²) in [6.45, 7) is 0.0614. The van der Waals surface area contributed by atoms with E-state index in [1.54, 1.807) is 24.3 Å². The molecule has 1 aliphatic heterocycles. The van der Waals surface area contributed by atoms with E-state index >= 15 is 0 Å². The van der Waals surface area contributed by atoms with Crippen molar-refractivity contribution in [1.29, 1.82) is 0 Å². The molecule has 2 atom stereocenters. The third-order valence-electron chi connectivity index (χ3n) is 3.66. The summed E-state index contributed by atoms with van der Waals surface area (Å²) in [5.41, 5.74) is 0.623. The van der Waals surface area contributed by atoms with Crippen LogP contribution in [0.25, 0.3) is 0 Å². The summed E-state index contributed by atoms with van der Waals surface area (Å²) in [4.78, 5) is 36.3. The number of nitrogens with zero attached hydrogens (tertiary/aromatic N) is 1. The predicted molar refractivity (Wildman–Crippen MR) is 86.2 cm³/mol. The molecule has 124 valence electrons. The number of benzene rings is 1. The van der Waals surface area contributed by atoms with Gasteiger partial charge < -0.3 is 15.1 Å². The van der Waals surface area contributed by atoms with Crippen molar-refractivity contribution in [2.24, 2.45) is 0 Å². The van der Waals surface area contributed by atoms with Crippen molar-refractivity contribution in [2.45, 2.75) is 31.4 Å². The molecule has 7 heteroatoms. The van der Waals surface area contributed by atoms with Crippen LogP contribution < -0.4 is 0 Å². The van der Waals surface area contributed by atoms with Gasteiger partial charge in [-0.25, -0.2) is 4.79 Å². The molecule has 0 bridgehead atoms. The van der Waals surface area contributed by atoms with Crippen molar-refractivity contribution < 1.29 is 24.6 Å². The number of carbonyl (C=O) groups excluding carboxylic acids is 2. The highest BCUT2D eigenvalue weighted by Crippen LogP contribution is 2.20. The van der Waals surface area contributed by atoms with Crippen LogP contribution in [0.3, 0.4) is 0 Å². The van der Waals surface area contributed by atoms with Gasteiger partial charge in [0, 0.05) is 30.7 Å². The van der Waals surface area contributed by atoms with Crippen LogP contribution in [0.4, 0.5) is 0 Å². The van der Waals surface area contributed by atoms with E-state index < -0.39 is 18.1 Å². The van der Waals surface area contributed by atoms with Gasteiger partial charge in [-0.05, 0) is 6.42 Å². The van der Waals surface area contributed by atoms with Crippen LogP contribution in [-0.2, 0) is 9.59 Å². The topological polar surface area (TPSA) is 94.9 Å². The summed E-state index contributed by atoms with van der Waals surface area (Å²) < 4.78 is 0. The fourth-order valence-electron chi connectivity index (χ4n) is 2.51. The van der Waals surface area contributed by atoms with Gasteiger partial charge in [0.1, 0.15) is 6.04 Å². The highest BCUT2D eigenvalue weighted by Gasteiger charge is 2.38. The van der Waals surface area contributed by atoms with Crippen molar-refractivity contribution in [3.8, 4) is 0 Å². The van der Waals surface area contributed by atoms with Gasteiger partial charge in [0.05, 0.1) is 6.10 Å². The fourth-order valence-corrected chi connectivity index (χ4v) is 3.29. The first-order valence-electron chi connectivity index (χ1n) is 7.41. The number of aliphatic hydroxyl groups is 1. The molecule has 0 aliphatic carbocycles. The third-order valence-corrected chi connectivity index (χ3v) is 4.65. The first-order valence-corrected chi connectivity index (χ1v) is 8.40. The Morgan fingerprint density at radius 1 is 1.22 bits per heavy atom. The van der Waals surface area contributed by atoms with Gasteiger partial charge in [0.25, 0.3) is 0 Å². The Labute approximate surface area is 138 Å². The minimum absolute atomic E-state index is 0.0435. The molecule has 1 saturated heterocycles. The Bertz CT molecular complexity index is 577. The van der Waals surface area contributed by atoms with Gasteiger partial charge in [-0.1, -0.05) is 42.1 Å². The SMILES string of the molecule is O=C(SCCCC(=O)N1C[C@H](O)C[C@H]1C(=O)O)c1ccccc1. The Balaban J connectivity index is 1.75. The van der Waals surface area contributed by atoms with Gasteiger partial charge in [-0.2, -0.15) is 0 Å². The Hall–Kier alpha value is -1.86. The maximum atomic E-state index is 12.1. The summed E-state index contributed by atoms with van der Waals surface area (Å²) in [5.74, 6) is -0.890. The molecule has 2 rings (SSSR count). The maximum absolute atomic E-state index is 12.1. The van der Waals surface area contributed by atoms with Gasteiger partial charge in [-0.3, -0.25) is 9.59 Å². The van der Waals surface area contributed by atoms with Gasteiger partial charge in [0.15, 0.2) is 0 Å². The van der Waals surface area contributed by atoms with Gasteiger partial charge in [-0.15, -0.1) is 0 Å². The molecule has 2 N–H and O–H groups in total. The molecular weight excluding hydrogens is 318 g/mol. The fraction of sp³-hybridized carbons (Fsp3) is 0.438. The van der Waals surface area contributed by atoms with Crippen molar-refractivity contribution in [3.05, 3.63) is 35.9 Å². The number of likely N-dealkylation sites (tertiary alicyclic amines) is 1. The number of aliphatic hydroxyl groups excluding tert-OH is 1. The second-order valence-electron chi connectivity index (χ2n) is 5.40. The first-order chi connectivity index (χ1) is 11.0. The van der Waals surface area contributed by atoms with E-state index in [9.17, 15) is 19.5 Å². The number of hydrogen-bond donors (Lipinski definition) is 2. The molecule has 1 heterocycles. The quantitative estimate of drug-likeness (QED) is 0.762. The second-order valence-corrected chi connectivity index (χ2v) is 6.46. The number of carboxylic acid groups (broad SMARTS) is 1. The highest BCUT2D eigenvalue weighted by atomic mass is 32.2. The second kappa shape index (κ2) is 8.12. The summed E-state index contributed by atoms with van der Waals surface area (Å²) in [6.07, 6.45) is -0.0522. The molecule has 0 aromatic heterocycles. The van der Waals surface area contributed by atoms with Crippen molar-refractivity contribution >= 4 is 28.8 Å². The highest BCUT2D eigenvalue weighted by molar-refractivity contribution is 8.14. The number of amides is 1. The third kappa shape index (κ3) is 4.80. The van der Waals surface area contributed by atoms with E-state index in [-0.39, 0.29) is 30.4 Å². The summed E-state index contributed by atoms with van der Waals surface area (Å²) >= 11 is 1.15. The number of aliphatic carboxylic acids is 1. The molecule has 6 nitrogen and oxygen atoms in total. The van der Waals surface area contributed by atoms with Crippen LogP contribution in [0.2, 0.25) is 0 Å². The van der Waals surface area contributed by atoms with Crippen LogP contribution in [0.5, 0.6) is 0 Å². The zero-order chi connectivity index (χ0) is 16.8. The smallest absolute Gasteiger partial charge is 0.326 e. The summed E-state index contributed by atoms with van der Waals surface area (Å²) in [6, 6.07) is 7.96. The average molecular weight is 337 g/mol. The molecule has 1 aliphatic rings. The lowest BCUT2D eigenvalue weighted by atomic mass is 10.2. The number of rotatable bonds is 6. The van der Waals surface area contributed by atoms with Crippen LogP contribution >= 0.6 is 11.8 Å². The van der Waals surface area contributed by atoms with Crippen molar-refractivity contribution in [1.82, 2.24) is 4.90 Å². The number of carboxylic acids is 1. The Morgan fingerprint density at radius 3 is 2.57 bits per heavy atom. The Kier molecular flexibility index (Phi) is 6.18. The Morgan fingerprint density at radius 2 is 1.91 bits per heavy atom. The average Bonchev–Trinajstić information content (AvgIpc) is 2.94. The molecular formula is C16H19NO5S. The largest absolute Gasteiger partial charge is 0.480 e. The van der Waals surface area contributed by atoms with Gasteiger partial charge in [0.2, 0.25) is 11.0 Å². The lowest BCUT2D eigenvalue weighted by Gasteiger charge is -2.20. The maximum Gasteiger partial charge on any atom is 0.326 e. The van der Waals surface area contributed by atoms with E-state index in [4.69, 9.17) is 5.11 Å². The van der Waals surface area contributed by atoms with Gasteiger partial charge >= 0.3 is 5.97 Å². The van der Waals surface area contributed by atoms with Crippen LogP contribution in [0.1, 0.15) is 29.6 Å². The zero-order valence-electron chi connectivity index (χ0n) is 12.6. The summed E-state index contributed by atoms with van der Waals surface area (Å²) in [7, 11) is 0. The van der Waals surface area contributed by atoms with E-state index in [1.807, 2.05) is 6.07 Å². The molecule has 0 saturated carbocycles. The zero-order valence-corrected chi connectivity index (χ0v) is 13.4. The number of carbonyl (C=O) groups is 3. The standard InChI is InChI=1S/C16H19NO5S/c18-12-9-13(15(20)21)17(10-12)14(19)7-4-8-23-16(22)11-5-2-1-3-6-11/h1-3,5-6,12-13,18H,4,7-10H2,(H,20,21)/t12-,13+/m1/s1. The van der Waals surface area contributed by atoms with Crippen LogP contribution in [0, 0.1) is 0 Å². The lowest BCUT2D eigenvalue weighted by Crippen LogP contribution is -2.40. The molecule has 1 amide bonds. The molecule has 0 unspecified atom stereocenters. The molecule has 23 heavy (non-hydrogen) atoms. The molecule has 1 aromatic rings. The van der Waals surface area contributed by atoms with E-state index in [2.05, 4.69) is 0 Å². The van der Waals surface area contributed by atoms with Crippen LogP contribution in [-0.4, -0.2) is 56.5 Å². The van der Waals surface area contributed by atoms with Crippen molar-refractivity contribution in [3.63, 3.8) is 0 Å². The molecule has 0 radical (unpaired) electrons. The lowest BCUT2D eigenvalue weighted by molar-refractivity contribution is -0.148. The monoisotopic (exact) mass is 337 g/mol. The number of hydrogen-bond acceptors (Lipinski definition) is 5. The van der Waals surface area contributed by atoms with Crippen molar-refractivity contribution in [2.75, 3.05) is 12.3 Å².